The smallest absolute Gasteiger partial charge is 0.161 e. The largest absolute Gasteiger partial charge is 0.493 e. The summed E-state index contributed by atoms with van der Waals surface area (Å²) in [6, 6.07) is 7.14. The van der Waals surface area contributed by atoms with Crippen LogP contribution >= 0.6 is 0 Å². The van der Waals surface area contributed by atoms with Crippen molar-refractivity contribution in [2.45, 2.75) is 19.0 Å². The Hall–Kier alpha value is -1.26. The number of likely N-dealkylation sites (N-methyl/N-ethyl adjacent to an activating group) is 1. The number of hydrogen-bond acceptors (Lipinski definition) is 4. The average molecular weight is 250 g/mol. The molecular weight excluding hydrogens is 228 g/mol. The number of rotatable bonds is 5. The summed E-state index contributed by atoms with van der Waals surface area (Å²) >= 11 is 0. The lowest BCUT2D eigenvalue weighted by Gasteiger charge is -2.39. The standard InChI is InChI=1S/C14H22N2O2/c1-10(16(2)12-8-15-9-12)11-5-6-13(17-3)14(7-11)18-4/h5-7,10,12,15H,8-9H2,1-4H3. The molecule has 18 heavy (non-hydrogen) atoms. The number of hydrogen-bond donors (Lipinski definition) is 1. The Bertz CT molecular complexity index is 405. The van der Waals surface area contributed by atoms with E-state index >= 15 is 0 Å². The Morgan fingerprint density at radius 1 is 1.22 bits per heavy atom. The van der Waals surface area contributed by atoms with E-state index < -0.39 is 0 Å². The first-order valence-electron chi connectivity index (χ1n) is 6.32. The number of benzene rings is 1. The van der Waals surface area contributed by atoms with Crippen molar-refractivity contribution in [3.05, 3.63) is 23.8 Å². The molecule has 100 valence electrons. The molecule has 1 aliphatic heterocycles. The molecule has 2 rings (SSSR count). The van der Waals surface area contributed by atoms with E-state index in [9.17, 15) is 0 Å². The summed E-state index contributed by atoms with van der Waals surface area (Å²) in [4.78, 5) is 2.40. The molecule has 0 saturated carbocycles. The van der Waals surface area contributed by atoms with E-state index in [2.05, 4.69) is 36.3 Å². The zero-order valence-corrected chi connectivity index (χ0v) is 11.6. The lowest BCUT2D eigenvalue weighted by atomic mass is 10.0. The summed E-state index contributed by atoms with van der Waals surface area (Å²) in [5.74, 6) is 1.57. The third kappa shape index (κ3) is 2.44. The Kier molecular flexibility index (Phi) is 4.09. The van der Waals surface area contributed by atoms with Gasteiger partial charge < -0.3 is 14.8 Å². The molecule has 1 aromatic carbocycles. The van der Waals surface area contributed by atoms with E-state index in [0.717, 1.165) is 24.6 Å². The fraction of sp³-hybridized carbons (Fsp3) is 0.571. The van der Waals surface area contributed by atoms with Crippen LogP contribution in [0.4, 0.5) is 0 Å². The molecule has 1 unspecified atom stereocenters. The molecule has 0 bridgehead atoms. The highest BCUT2D eigenvalue weighted by Gasteiger charge is 2.26. The summed E-state index contributed by atoms with van der Waals surface area (Å²) in [6.07, 6.45) is 0. The monoisotopic (exact) mass is 250 g/mol. The van der Waals surface area contributed by atoms with Gasteiger partial charge in [-0.2, -0.15) is 0 Å². The van der Waals surface area contributed by atoms with Gasteiger partial charge in [-0.25, -0.2) is 0 Å². The second-order valence-corrected chi connectivity index (χ2v) is 4.77. The van der Waals surface area contributed by atoms with Crippen LogP contribution in [0, 0.1) is 0 Å². The number of ether oxygens (including phenoxy) is 2. The van der Waals surface area contributed by atoms with Gasteiger partial charge in [0.05, 0.1) is 14.2 Å². The Balaban J connectivity index is 2.16. The zero-order chi connectivity index (χ0) is 13.1. The molecule has 0 aliphatic carbocycles. The molecule has 0 spiro atoms. The first kappa shape index (κ1) is 13.2. The molecule has 1 atom stereocenters. The van der Waals surface area contributed by atoms with Gasteiger partial charge in [0.2, 0.25) is 0 Å². The summed E-state index contributed by atoms with van der Waals surface area (Å²) in [5.41, 5.74) is 1.25. The highest BCUT2D eigenvalue weighted by Crippen LogP contribution is 2.32. The van der Waals surface area contributed by atoms with Crippen LogP contribution in [0.25, 0.3) is 0 Å². The molecule has 1 aromatic rings. The zero-order valence-electron chi connectivity index (χ0n) is 11.6. The molecule has 1 heterocycles. The maximum atomic E-state index is 5.35. The van der Waals surface area contributed by atoms with Crippen LogP contribution in [-0.4, -0.2) is 45.3 Å². The summed E-state index contributed by atoms with van der Waals surface area (Å²) in [6.45, 7) is 4.38. The van der Waals surface area contributed by atoms with Crippen LogP contribution in [0.3, 0.4) is 0 Å². The van der Waals surface area contributed by atoms with E-state index in [1.165, 1.54) is 5.56 Å². The van der Waals surface area contributed by atoms with Gasteiger partial charge in [0, 0.05) is 25.2 Å². The molecular formula is C14H22N2O2. The van der Waals surface area contributed by atoms with Crippen molar-refractivity contribution in [3.63, 3.8) is 0 Å². The third-order valence-electron chi connectivity index (χ3n) is 3.84. The first-order chi connectivity index (χ1) is 8.67. The van der Waals surface area contributed by atoms with Crippen molar-refractivity contribution in [3.8, 4) is 11.5 Å². The third-order valence-corrected chi connectivity index (χ3v) is 3.84. The van der Waals surface area contributed by atoms with Gasteiger partial charge in [0.1, 0.15) is 0 Å². The van der Waals surface area contributed by atoms with Crippen molar-refractivity contribution < 1.29 is 9.47 Å². The van der Waals surface area contributed by atoms with Gasteiger partial charge >= 0.3 is 0 Å². The van der Waals surface area contributed by atoms with Gasteiger partial charge in [-0.1, -0.05) is 6.07 Å². The maximum Gasteiger partial charge on any atom is 0.161 e. The molecule has 4 nitrogen and oxygen atoms in total. The molecule has 1 N–H and O–H groups in total. The lowest BCUT2D eigenvalue weighted by Crippen LogP contribution is -2.56. The topological polar surface area (TPSA) is 33.7 Å². The molecule has 1 saturated heterocycles. The highest BCUT2D eigenvalue weighted by molar-refractivity contribution is 5.43. The second-order valence-electron chi connectivity index (χ2n) is 4.77. The number of methoxy groups -OCH3 is 2. The molecule has 0 amide bonds. The lowest BCUT2D eigenvalue weighted by molar-refractivity contribution is 0.136. The molecule has 1 aliphatic rings. The minimum Gasteiger partial charge on any atom is -0.493 e. The van der Waals surface area contributed by atoms with E-state index in [0.29, 0.717) is 12.1 Å². The second kappa shape index (κ2) is 5.59. The molecule has 1 fully saturated rings. The van der Waals surface area contributed by atoms with Crippen LogP contribution in [0.5, 0.6) is 11.5 Å². The summed E-state index contributed by atoms with van der Waals surface area (Å²) in [7, 11) is 5.51. The predicted octanol–water partition coefficient (Wildman–Crippen LogP) is 1.67. The maximum absolute atomic E-state index is 5.35. The first-order valence-corrected chi connectivity index (χ1v) is 6.32. The van der Waals surface area contributed by atoms with Crippen molar-refractivity contribution >= 4 is 0 Å². The summed E-state index contributed by atoms with van der Waals surface area (Å²) in [5, 5.41) is 3.30. The van der Waals surface area contributed by atoms with Gasteiger partial charge in [-0.15, -0.1) is 0 Å². The van der Waals surface area contributed by atoms with Crippen LogP contribution < -0.4 is 14.8 Å². The normalized spacial score (nSPS) is 17.4. The van der Waals surface area contributed by atoms with Crippen molar-refractivity contribution in [1.82, 2.24) is 10.2 Å². The van der Waals surface area contributed by atoms with Crippen LogP contribution in [0.15, 0.2) is 18.2 Å². The van der Waals surface area contributed by atoms with Crippen molar-refractivity contribution in [2.75, 3.05) is 34.4 Å². The Morgan fingerprint density at radius 3 is 2.39 bits per heavy atom. The van der Waals surface area contributed by atoms with Crippen LogP contribution in [-0.2, 0) is 0 Å². The van der Waals surface area contributed by atoms with Crippen LogP contribution in [0.2, 0.25) is 0 Å². The minimum absolute atomic E-state index is 0.372. The predicted molar refractivity (Wildman–Crippen MR) is 72.4 cm³/mol. The van der Waals surface area contributed by atoms with Gasteiger partial charge in [0.25, 0.3) is 0 Å². The van der Waals surface area contributed by atoms with Gasteiger partial charge in [-0.05, 0) is 31.7 Å². The number of nitrogens with zero attached hydrogens (tertiary/aromatic N) is 1. The van der Waals surface area contributed by atoms with Gasteiger partial charge in [0.15, 0.2) is 11.5 Å². The van der Waals surface area contributed by atoms with Crippen LogP contribution in [0.1, 0.15) is 18.5 Å². The highest BCUT2D eigenvalue weighted by atomic mass is 16.5. The fourth-order valence-electron chi connectivity index (χ4n) is 2.23. The summed E-state index contributed by atoms with van der Waals surface area (Å²) < 4.78 is 10.6. The Morgan fingerprint density at radius 2 is 1.89 bits per heavy atom. The molecule has 4 heteroatoms. The quantitative estimate of drug-likeness (QED) is 0.862. The molecule has 0 radical (unpaired) electrons. The fourth-order valence-corrected chi connectivity index (χ4v) is 2.23. The molecule has 0 aromatic heterocycles. The van der Waals surface area contributed by atoms with Crippen molar-refractivity contribution in [1.29, 1.82) is 0 Å². The van der Waals surface area contributed by atoms with Gasteiger partial charge in [-0.3, -0.25) is 4.90 Å². The van der Waals surface area contributed by atoms with E-state index in [1.54, 1.807) is 14.2 Å². The van der Waals surface area contributed by atoms with E-state index in [1.807, 2.05) is 6.07 Å². The SMILES string of the molecule is COc1ccc(C(C)N(C)C2CNC2)cc1OC. The number of nitrogens with one attached hydrogen (secondary N) is 1. The minimum atomic E-state index is 0.372. The van der Waals surface area contributed by atoms with Crippen molar-refractivity contribution in [2.24, 2.45) is 0 Å². The average Bonchev–Trinajstić information content (AvgIpc) is 2.34. The van der Waals surface area contributed by atoms with E-state index in [-0.39, 0.29) is 0 Å². The Labute approximate surface area is 109 Å². The van der Waals surface area contributed by atoms with E-state index in [4.69, 9.17) is 9.47 Å².